The van der Waals surface area contributed by atoms with Crippen molar-refractivity contribution in [3.63, 3.8) is 0 Å². The Kier molecular flexibility index (Phi) is 2.53. The van der Waals surface area contributed by atoms with Gasteiger partial charge in [-0.25, -0.2) is 0 Å². The number of rotatable bonds is 2. The third kappa shape index (κ3) is 1.89. The predicted molar refractivity (Wildman–Crippen MR) is 66.8 cm³/mol. The van der Waals surface area contributed by atoms with Gasteiger partial charge in [-0.3, -0.25) is 4.98 Å². The van der Waals surface area contributed by atoms with Crippen LogP contribution >= 0.6 is 0 Å². The van der Waals surface area contributed by atoms with Crippen molar-refractivity contribution < 1.29 is 4.74 Å². The fourth-order valence-corrected chi connectivity index (χ4v) is 2.10. The minimum atomic E-state index is 0.872. The van der Waals surface area contributed by atoms with E-state index in [1.54, 1.807) is 7.11 Å². The van der Waals surface area contributed by atoms with Crippen LogP contribution in [-0.4, -0.2) is 12.1 Å². The van der Waals surface area contributed by atoms with Gasteiger partial charge in [-0.15, -0.1) is 0 Å². The molecule has 17 heavy (non-hydrogen) atoms. The largest absolute Gasteiger partial charge is 0.497 e. The zero-order valence-corrected chi connectivity index (χ0v) is 9.73. The van der Waals surface area contributed by atoms with E-state index in [0.717, 1.165) is 30.1 Å². The Morgan fingerprint density at radius 2 is 1.88 bits per heavy atom. The number of nitrogens with zero attached hydrogens (tertiary/aromatic N) is 1. The highest BCUT2D eigenvalue weighted by molar-refractivity contribution is 5.61. The van der Waals surface area contributed by atoms with Gasteiger partial charge in [-0.1, -0.05) is 0 Å². The number of benzene rings is 1. The van der Waals surface area contributed by atoms with Gasteiger partial charge >= 0.3 is 0 Å². The van der Waals surface area contributed by atoms with Crippen LogP contribution < -0.4 is 10.1 Å². The molecular weight excluding hydrogens is 212 g/mol. The molecule has 1 aliphatic heterocycles. The molecule has 3 heteroatoms. The summed E-state index contributed by atoms with van der Waals surface area (Å²) >= 11 is 0. The smallest absolute Gasteiger partial charge is 0.118 e. The molecule has 86 valence electrons. The van der Waals surface area contributed by atoms with Crippen LogP contribution in [0.25, 0.3) is 11.3 Å². The van der Waals surface area contributed by atoms with Crippen LogP contribution in [0.15, 0.2) is 36.5 Å². The van der Waals surface area contributed by atoms with Crippen molar-refractivity contribution >= 4 is 0 Å². The number of nitrogens with one attached hydrogen (secondary N) is 1. The van der Waals surface area contributed by atoms with Crippen molar-refractivity contribution in [1.29, 1.82) is 0 Å². The van der Waals surface area contributed by atoms with Crippen LogP contribution in [0.3, 0.4) is 0 Å². The van der Waals surface area contributed by atoms with E-state index in [9.17, 15) is 0 Å². The molecule has 1 aliphatic rings. The second kappa shape index (κ2) is 4.18. The van der Waals surface area contributed by atoms with Crippen LogP contribution in [0.4, 0.5) is 0 Å². The van der Waals surface area contributed by atoms with Crippen LogP contribution in [0.1, 0.15) is 11.1 Å². The fraction of sp³-hybridized carbons (Fsp3) is 0.214. The number of hydrogen-bond donors (Lipinski definition) is 1. The molecule has 3 nitrogen and oxygen atoms in total. The first kappa shape index (κ1) is 10.3. The summed E-state index contributed by atoms with van der Waals surface area (Å²) in [6.45, 7) is 1.88. The lowest BCUT2D eigenvalue weighted by molar-refractivity contribution is 0.415. The van der Waals surface area contributed by atoms with Gasteiger partial charge < -0.3 is 10.1 Å². The molecule has 0 saturated heterocycles. The molecule has 2 aromatic rings. The first-order valence-corrected chi connectivity index (χ1v) is 5.70. The van der Waals surface area contributed by atoms with Crippen molar-refractivity contribution in [3.8, 4) is 17.0 Å². The van der Waals surface area contributed by atoms with Gasteiger partial charge in [0.15, 0.2) is 0 Å². The highest BCUT2D eigenvalue weighted by Crippen LogP contribution is 2.24. The van der Waals surface area contributed by atoms with Crippen LogP contribution in [0, 0.1) is 0 Å². The van der Waals surface area contributed by atoms with E-state index >= 15 is 0 Å². The van der Waals surface area contributed by atoms with Gasteiger partial charge in [0.25, 0.3) is 0 Å². The van der Waals surface area contributed by atoms with E-state index in [1.807, 2.05) is 30.5 Å². The SMILES string of the molecule is COc1ccc(-c2cc3c(cn2)CNC3)cc1. The van der Waals surface area contributed by atoms with Crippen LogP contribution in [0.2, 0.25) is 0 Å². The Labute approximate surface area is 100 Å². The molecule has 1 aromatic heterocycles. The Morgan fingerprint density at radius 1 is 1.12 bits per heavy atom. The highest BCUT2D eigenvalue weighted by atomic mass is 16.5. The van der Waals surface area contributed by atoms with E-state index in [4.69, 9.17) is 4.74 Å². The van der Waals surface area contributed by atoms with Gasteiger partial charge in [-0.2, -0.15) is 0 Å². The lowest BCUT2D eigenvalue weighted by Crippen LogP contribution is -1.99. The summed E-state index contributed by atoms with van der Waals surface area (Å²) in [4.78, 5) is 4.50. The van der Waals surface area contributed by atoms with Crippen molar-refractivity contribution in [1.82, 2.24) is 10.3 Å². The third-order valence-corrected chi connectivity index (χ3v) is 3.10. The van der Waals surface area contributed by atoms with Crippen molar-refractivity contribution in [2.75, 3.05) is 7.11 Å². The lowest BCUT2D eigenvalue weighted by atomic mass is 10.1. The quantitative estimate of drug-likeness (QED) is 0.853. The average Bonchev–Trinajstić information content (AvgIpc) is 2.86. The molecular formula is C14H14N2O. The number of hydrogen-bond acceptors (Lipinski definition) is 3. The van der Waals surface area contributed by atoms with Crippen LogP contribution in [0.5, 0.6) is 5.75 Å². The number of ether oxygens (including phenoxy) is 1. The van der Waals surface area contributed by atoms with E-state index in [1.165, 1.54) is 11.1 Å². The second-order valence-corrected chi connectivity index (χ2v) is 4.17. The summed E-state index contributed by atoms with van der Waals surface area (Å²) < 4.78 is 5.15. The normalized spacial score (nSPS) is 13.5. The van der Waals surface area contributed by atoms with Crippen molar-refractivity contribution in [2.24, 2.45) is 0 Å². The zero-order valence-electron chi connectivity index (χ0n) is 9.73. The maximum atomic E-state index is 5.15. The Balaban J connectivity index is 1.97. The summed E-state index contributed by atoms with van der Waals surface area (Å²) in [5, 5.41) is 3.32. The average molecular weight is 226 g/mol. The molecule has 0 amide bonds. The molecule has 0 spiro atoms. The summed E-state index contributed by atoms with van der Waals surface area (Å²) in [6, 6.07) is 10.2. The first-order valence-electron chi connectivity index (χ1n) is 5.70. The molecule has 1 N–H and O–H groups in total. The van der Waals surface area contributed by atoms with E-state index in [0.29, 0.717) is 0 Å². The monoisotopic (exact) mass is 226 g/mol. The second-order valence-electron chi connectivity index (χ2n) is 4.17. The summed E-state index contributed by atoms with van der Waals surface area (Å²) in [5.41, 5.74) is 4.81. The molecule has 0 saturated carbocycles. The lowest BCUT2D eigenvalue weighted by Gasteiger charge is -2.05. The van der Waals surface area contributed by atoms with E-state index in [-0.39, 0.29) is 0 Å². The third-order valence-electron chi connectivity index (χ3n) is 3.10. The number of aromatic nitrogens is 1. The van der Waals surface area contributed by atoms with Crippen molar-refractivity contribution in [3.05, 3.63) is 47.7 Å². The van der Waals surface area contributed by atoms with Gasteiger partial charge in [0, 0.05) is 24.8 Å². The van der Waals surface area contributed by atoms with Crippen LogP contribution in [-0.2, 0) is 13.1 Å². The topological polar surface area (TPSA) is 34.1 Å². The summed E-state index contributed by atoms with van der Waals surface area (Å²) in [7, 11) is 1.67. The molecule has 0 fully saturated rings. The first-order chi connectivity index (χ1) is 8.36. The Bertz CT molecular complexity index is 534. The molecule has 0 atom stereocenters. The van der Waals surface area contributed by atoms with Gasteiger partial charge in [0.05, 0.1) is 12.8 Å². The van der Waals surface area contributed by atoms with Gasteiger partial charge in [0.2, 0.25) is 0 Å². The number of pyridine rings is 1. The molecule has 0 aliphatic carbocycles. The standard InChI is InChI=1S/C14H14N2O/c1-17-13-4-2-10(3-5-13)14-6-11-7-15-8-12(11)9-16-14/h2-6,9,15H,7-8H2,1H3. The zero-order chi connectivity index (χ0) is 11.7. The maximum absolute atomic E-state index is 5.15. The molecule has 2 heterocycles. The molecule has 1 aromatic carbocycles. The Morgan fingerprint density at radius 3 is 2.65 bits per heavy atom. The van der Waals surface area contributed by atoms with E-state index < -0.39 is 0 Å². The summed E-state index contributed by atoms with van der Waals surface area (Å²) in [6.07, 6.45) is 1.97. The number of methoxy groups -OCH3 is 1. The predicted octanol–water partition coefficient (Wildman–Crippen LogP) is 2.36. The Hall–Kier alpha value is -1.87. The van der Waals surface area contributed by atoms with E-state index in [2.05, 4.69) is 16.4 Å². The highest BCUT2D eigenvalue weighted by Gasteiger charge is 2.11. The van der Waals surface area contributed by atoms with Gasteiger partial charge in [-0.05, 0) is 41.5 Å². The van der Waals surface area contributed by atoms with Crippen molar-refractivity contribution in [2.45, 2.75) is 13.1 Å². The molecule has 0 unspecified atom stereocenters. The number of fused-ring (bicyclic) bond motifs is 1. The molecule has 3 rings (SSSR count). The maximum Gasteiger partial charge on any atom is 0.118 e. The summed E-state index contributed by atoms with van der Waals surface area (Å²) in [5.74, 6) is 0.872. The fourth-order valence-electron chi connectivity index (χ4n) is 2.10. The molecule has 0 bridgehead atoms. The van der Waals surface area contributed by atoms with Gasteiger partial charge in [0.1, 0.15) is 5.75 Å². The minimum absolute atomic E-state index is 0.872. The molecule has 0 radical (unpaired) electrons. The minimum Gasteiger partial charge on any atom is -0.497 e.